The number of hydrogen-bond acceptors (Lipinski definition) is 3. The van der Waals surface area contributed by atoms with Crippen LogP contribution in [0.15, 0.2) is 76.6 Å². The topological polar surface area (TPSA) is 83.5 Å². The smallest absolute Gasteiger partial charge is 0.197 e. The molecule has 3 aromatic carbocycles. The zero-order chi connectivity index (χ0) is 20.4. The van der Waals surface area contributed by atoms with Crippen LogP contribution in [-0.2, 0) is 0 Å². The molecule has 2 N–H and O–H groups in total. The van der Waals surface area contributed by atoms with E-state index in [2.05, 4.69) is 15.1 Å². The summed E-state index contributed by atoms with van der Waals surface area (Å²) in [5.74, 6) is 0. The Hall–Kier alpha value is -4.19. The molecule has 0 saturated carbocycles. The number of benzene rings is 3. The molecule has 0 aliphatic rings. The maximum absolute atomic E-state index is 13.5. The summed E-state index contributed by atoms with van der Waals surface area (Å²) in [5, 5.41) is 6.64. The minimum atomic E-state index is -0.0684. The van der Waals surface area contributed by atoms with E-state index in [0.29, 0.717) is 32.6 Å². The number of aryl methyl sites for hydroxylation is 1. The highest BCUT2D eigenvalue weighted by atomic mass is 16.1. The molecule has 3 heterocycles. The van der Waals surface area contributed by atoms with E-state index in [9.17, 15) is 9.59 Å². The summed E-state index contributed by atoms with van der Waals surface area (Å²) in [6.07, 6.45) is 3.56. The van der Waals surface area contributed by atoms with Gasteiger partial charge in [0.15, 0.2) is 10.9 Å². The average Bonchev–Trinajstić information content (AvgIpc) is 3.28. The van der Waals surface area contributed by atoms with Gasteiger partial charge in [0, 0.05) is 34.1 Å². The molecule has 6 rings (SSSR count). The minimum Gasteiger partial charge on any atom is -0.354 e. The van der Waals surface area contributed by atoms with Crippen molar-refractivity contribution in [3.8, 4) is 5.69 Å². The zero-order valence-corrected chi connectivity index (χ0v) is 16.1. The van der Waals surface area contributed by atoms with Gasteiger partial charge in [-0.05, 0) is 55.0 Å². The highest BCUT2D eigenvalue weighted by Crippen LogP contribution is 2.25. The number of para-hydroxylation sites is 1. The van der Waals surface area contributed by atoms with Crippen LogP contribution in [0.3, 0.4) is 0 Å². The van der Waals surface area contributed by atoms with E-state index in [0.717, 1.165) is 22.3 Å². The van der Waals surface area contributed by atoms with Crippen molar-refractivity contribution in [1.29, 1.82) is 0 Å². The SMILES string of the molecule is Cc1c(-n2cccn2)ccc2[nH]c3cc4c(=O)c5ccccc5[nH]c4cc3c(=O)c12. The number of nitrogens with one attached hydrogen (secondary N) is 2. The first-order chi connectivity index (χ1) is 14.6. The third-order valence-corrected chi connectivity index (χ3v) is 5.77. The fourth-order valence-corrected chi connectivity index (χ4v) is 4.30. The molecule has 6 nitrogen and oxygen atoms in total. The van der Waals surface area contributed by atoms with Crippen LogP contribution in [0.1, 0.15) is 5.56 Å². The van der Waals surface area contributed by atoms with Gasteiger partial charge in [-0.2, -0.15) is 5.10 Å². The van der Waals surface area contributed by atoms with E-state index >= 15 is 0 Å². The summed E-state index contributed by atoms with van der Waals surface area (Å²) >= 11 is 0. The second-order valence-electron chi connectivity index (χ2n) is 7.48. The van der Waals surface area contributed by atoms with Crippen molar-refractivity contribution < 1.29 is 0 Å². The van der Waals surface area contributed by atoms with E-state index in [1.165, 1.54) is 0 Å². The molecule has 30 heavy (non-hydrogen) atoms. The van der Waals surface area contributed by atoms with Crippen molar-refractivity contribution in [3.05, 3.63) is 93.0 Å². The van der Waals surface area contributed by atoms with Crippen LogP contribution in [0.4, 0.5) is 0 Å². The van der Waals surface area contributed by atoms with Gasteiger partial charge in [-0.25, -0.2) is 4.68 Å². The molecule has 3 aromatic heterocycles. The second kappa shape index (κ2) is 5.90. The van der Waals surface area contributed by atoms with Gasteiger partial charge in [-0.15, -0.1) is 0 Å². The Morgan fingerprint density at radius 3 is 2.27 bits per heavy atom. The lowest BCUT2D eigenvalue weighted by atomic mass is 10.0. The molecule has 0 amide bonds. The number of aromatic nitrogens is 4. The maximum atomic E-state index is 13.5. The number of H-pyrrole nitrogens is 2. The number of aromatic amines is 2. The molecule has 0 aliphatic heterocycles. The van der Waals surface area contributed by atoms with Crippen LogP contribution in [0, 0.1) is 6.92 Å². The van der Waals surface area contributed by atoms with Gasteiger partial charge >= 0.3 is 0 Å². The van der Waals surface area contributed by atoms with Crippen molar-refractivity contribution in [3.63, 3.8) is 0 Å². The van der Waals surface area contributed by atoms with E-state index in [-0.39, 0.29) is 10.9 Å². The third-order valence-electron chi connectivity index (χ3n) is 5.77. The highest BCUT2D eigenvalue weighted by molar-refractivity contribution is 6.03. The molecule has 144 valence electrons. The zero-order valence-electron chi connectivity index (χ0n) is 16.1. The number of nitrogens with zero attached hydrogens (tertiary/aromatic N) is 2. The number of fused-ring (bicyclic) bond motifs is 4. The van der Waals surface area contributed by atoms with Crippen LogP contribution in [0.2, 0.25) is 0 Å². The number of rotatable bonds is 1. The predicted molar refractivity (Wildman–Crippen MR) is 120 cm³/mol. The lowest BCUT2D eigenvalue weighted by Crippen LogP contribution is -2.10. The van der Waals surface area contributed by atoms with Crippen molar-refractivity contribution in [2.24, 2.45) is 0 Å². The standard InChI is InChI=1S/C24H16N4O2/c1-13-21(28-10-4-9-25-28)8-7-18-22(13)24(30)16-12-19-15(11-20(16)27-18)23(29)14-5-2-3-6-17(14)26-19/h2-12H,1H3,(H,26,29)(H,27,30). The first-order valence-electron chi connectivity index (χ1n) is 9.66. The summed E-state index contributed by atoms with van der Waals surface area (Å²) in [6, 6.07) is 16.6. The van der Waals surface area contributed by atoms with E-state index in [1.54, 1.807) is 29.1 Å². The molecule has 0 aliphatic carbocycles. The summed E-state index contributed by atoms with van der Waals surface area (Å²) in [7, 11) is 0. The lowest BCUT2D eigenvalue weighted by molar-refractivity contribution is 0.875. The second-order valence-corrected chi connectivity index (χ2v) is 7.48. The normalized spacial score (nSPS) is 11.8. The molecule has 0 unspecified atom stereocenters. The summed E-state index contributed by atoms with van der Waals surface area (Å²) < 4.78 is 1.75. The first kappa shape index (κ1) is 16.7. The molecular formula is C24H16N4O2. The van der Waals surface area contributed by atoms with Crippen LogP contribution in [-0.4, -0.2) is 19.7 Å². The number of hydrogen-bond donors (Lipinski definition) is 2. The fourth-order valence-electron chi connectivity index (χ4n) is 4.30. The van der Waals surface area contributed by atoms with Crippen LogP contribution in [0.25, 0.3) is 49.3 Å². The van der Waals surface area contributed by atoms with E-state index in [4.69, 9.17) is 0 Å². The van der Waals surface area contributed by atoms with Crippen LogP contribution in [0.5, 0.6) is 0 Å². The van der Waals surface area contributed by atoms with E-state index in [1.807, 2.05) is 49.5 Å². The van der Waals surface area contributed by atoms with Gasteiger partial charge in [-0.1, -0.05) is 12.1 Å². The maximum Gasteiger partial charge on any atom is 0.197 e. The Morgan fingerprint density at radius 1 is 0.767 bits per heavy atom. The first-order valence-corrected chi connectivity index (χ1v) is 9.66. The predicted octanol–water partition coefficient (Wildman–Crippen LogP) is 4.17. The summed E-state index contributed by atoms with van der Waals surface area (Å²) in [6.45, 7) is 1.93. The lowest BCUT2D eigenvalue weighted by Gasteiger charge is -2.11. The van der Waals surface area contributed by atoms with E-state index < -0.39 is 0 Å². The van der Waals surface area contributed by atoms with Gasteiger partial charge in [0.05, 0.1) is 27.6 Å². The van der Waals surface area contributed by atoms with Crippen molar-refractivity contribution in [1.82, 2.24) is 19.7 Å². The van der Waals surface area contributed by atoms with Crippen molar-refractivity contribution in [2.75, 3.05) is 0 Å². The Kier molecular flexibility index (Phi) is 3.29. The quantitative estimate of drug-likeness (QED) is 0.412. The highest BCUT2D eigenvalue weighted by Gasteiger charge is 2.14. The van der Waals surface area contributed by atoms with Crippen LogP contribution < -0.4 is 10.9 Å². The van der Waals surface area contributed by atoms with Crippen molar-refractivity contribution in [2.45, 2.75) is 6.92 Å². The Bertz CT molecular complexity index is 1740. The van der Waals surface area contributed by atoms with Crippen molar-refractivity contribution >= 4 is 43.6 Å². The Labute approximate surface area is 169 Å². The monoisotopic (exact) mass is 392 g/mol. The van der Waals surface area contributed by atoms with Gasteiger partial charge in [-0.3, -0.25) is 9.59 Å². The van der Waals surface area contributed by atoms with Gasteiger partial charge in [0.2, 0.25) is 0 Å². The molecule has 6 aromatic rings. The van der Waals surface area contributed by atoms with Gasteiger partial charge in [0.1, 0.15) is 0 Å². The minimum absolute atomic E-state index is 0.0487. The molecule has 6 heteroatoms. The number of pyridine rings is 2. The molecule has 0 spiro atoms. The molecular weight excluding hydrogens is 376 g/mol. The average molecular weight is 392 g/mol. The molecule has 0 radical (unpaired) electrons. The summed E-state index contributed by atoms with van der Waals surface area (Å²) in [5.41, 5.74) is 4.38. The van der Waals surface area contributed by atoms with Crippen LogP contribution >= 0.6 is 0 Å². The Balaban J connectivity index is 1.75. The molecule has 0 fully saturated rings. The molecule has 0 saturated heterocycles. The largest absolute Gasteiger partial charge is 0.354 e. The Morgan fingerprint density at radius 2 is 1.50 bits per heavy atom. The molecule has 0 atom stereocenters. The fraction of sp³-hybridized carbons (Fsp3) is 0.0417. The van der Waals surface area contributed by atoms with Gasteiger partial charge < -0.3 is 9.97 Å². The molecule has 0 bridgehead atoms. The summed E-state index contributed by atoms with van der Waals surface area (Å²) in [4.78, 5) is 33.1. The third kappa shape index (κ3) is 2.21. The van der Waals surface area contributed by atoms with Gasteiger partial charge in [0.25, 0.3) is 0 Å².